The largest absolute Gasteiger partial charge is 0.496 e. The summed E-state index contributed by atoms with van der Waals surface area (Å²) in [6.45, 7) is 1.12. The predicted octanol–water partition coefficient (Wildman–Crippen LogP) is 3.12. The summed E-state index contributed by atoms with van der Waals surface area (Å²) in [5.41, 5.74) is 1.21. The molecular formula is C28H35N5O4. The number of benzene rings is 1. The first-order valence-corrected chi connectivity index (χ1v) is 13.4. The Labute approximate surface area is 216 Å². The number of fused-ring (bicyclic) bond motifs is 1. The SMILES string of the molecule is COc1cccc2[nH]c(C(=O)N3C[C@H](C4CCCCC4)C[C@H]3C(=O)N[C@H](C#N)CC3CCNC3=O)cc12. The quantitative estimate of drug-likeness (QED) is 0.533. The van der Waals surface area contributed by atoms with E-state index in [-0.39, 0.29) is 36.0 Å². The van der Waals surface area contributed by atoms with Crippen LogP contribution in [-0.4, -0.2) is 59.9 Å². The monoisotopic (exact) mass is 505 g/mol. The maximum absolute atomic E-state index is 13.8. The molecule has 4 atom stereocenters. The molecule has 0 bridgehead atoms. The van der Waals surface area contributed by atoms with Crippen molar-refractivity contribution in [3.8, 4) is 11.8 Å². The summed E-state index contributed by atoms with van der Waals surface area (Å²) in [7, 11) is 1.60. The van der Waals surface area contributed by atoms with Gasteiger partial charge in [0.25, 0.3) is 5.91 Å². The summed E-state index contributed by atoms with van der Waals surface area (Å²) in [5, 5.41) is 16.2. The van der Waals surface area contributed by atoms with E-state index in [0.717, 1.165) is 23.7 Å². The molecule has 1 unspecified atom stereocenters. The number of nitrogens with one attached hydrogen (secondary N) is 3. The minimum atomic E-state index is -0.774. The smallest absolute Gasteiger partial charge is 0.270 e. The molecule has 9 nitrogen and oxygen atoms in total. The Hall–Kier alpha value is -3.54. The molecule has 3 heterocycles. The minimum absolute atomic E-state index is 0.0706. The third kappa shape index (κ3) is 5.15. The summed E-state index contributed by atoms with van der Waals surface area (Å²) in [5.74, 6) is 0.544. The van der Waals surface area contributed by atoms with Crippen LogP contribution in [0.25, 0.3) is 10.9 Å². The summed E-state index contributed by atoms with van der Waals surface area (Å²) < 4.78 is 5.45. The van der Waals surface area contributed by atoms with Crippen molar-refractivity contribution in [2.75, 3.05) is 20.2 Å². The van der Waals surface area contributed by atoms with Gasteiger partial charge in [0.15, 0.2) is 0 Å². The summed E-state index contributed by atoms with van der Waals surface area (Å²) in [6.07, 6.45) is 7.40. The van der Waals surface area contributed by atoms with Gasteiger partial charge in [0, 0.05) is 29.9 Å². The molecule has 1 aromatic carbocycles. The van der Waals surface area contributed by atoms with Crippen LogP contribution in [0.4, 0.5) is 0 Å². The highest BCUT2D eigenvalue weighted by atomic mass is 16.5. The van der Waals surface area contributed by atoms with E-state index in [1.165, 1.54) is 19.3 Å². The van der Waals surface area contributed by atoms with Gasteiger partial charge in [-0.2, -0.15) is 5.26 Å². The Morgan fingerprint density at radius 2 is 2.03 bits per heavy atom. The highest BCUT2D eigenvalue weighted by Gasteiger charge is 2.43. The Morgan fingerprint density at radius 3 is 2.73 bits per heavy atom. The van der Waals surface area contributed by atoms with Crippen LogP contribution in [0.3, 0.4) is 0 Å². The molecule has 2 aliphatic heterocycles. The molecule has 3 amide bonds. The molecule has 0 spiro atoms. The summed E-state index contributed by atoms with van der Waals surface area (Å²) in [4.78, 5) is 44.2. The fourth-order valence-corrected chi connectivity index (χ4v) is 6.43. The summed E-state index contributed by atoms with van der Waals surface area (Å²) in [6, 6.07) is 8.12. The molecule has 1 aliphatic carbocycles. The Balaban J connectivity index is 1.37. The van der Waals surface area contributed by atoms with Crippen LogP contribution >= 0.6 is 0 Å². The normalized spacial score (nSPS) is 25.0. The molecule has 3 aliphatic rings. The third-order valence-electron chi connectivity index (χ3n) is 8.44. The number of H-pyrrole nitrogens is 1. The van der Waals surface area contributed by atoms with Crippen LogP contribution < -0.4 is 15.4 Å². The zero-order chi connectivity index (χ0) is 25.9. The zero-order valence-corrected chi connectivity index (χ0v) is 21.3. The van der Waals surface area contributed by atoms with Crippen molar-refractivity contribution in [3.05, 3.63) is 30.0 Å². The fourth-order valence-electron chi connectivity index (χ4n) is 6.43. The lowest BCUT2D eigenvalue weighted by atomic mass is 9.79. The predicted molar refractivity (Wildman–Crippen MR) is 138 cm³/mol. The van der Waals surface area contributed by atoms with Crippen LogP contribution in [0.1, 0.15) is 61.9 Å². The topological polar surface area (TPSA) is 127 Å². The number of hydrogen-bond acceptors (Lipinski definition) is 5. The van der Waals surface area contributed by atoms with Crippen LogP contribution in [0.2, 0.25) is 0 Å². The molecule has 3 fully saturated rings. The van der Waals surface area contributed by atoms with E-state index < -0.39 is 12.1 Å². The number of amides is 3. The van der Waals surface area contributed by atoms with Gasteiger partial charge in [0.05, 0.1) is 13.2 Å². The number of nitrogens with zero attached hydrogens (tertiary/aromatic N) is 2. The number of ether oxygens (including phenoxy) is 1. The van der Waals surface area contributed by atoms with Crippen molar-refractivity contribution in [3.63, 3.8) is 0 Å². The number of aromatic nitrogens is 1. The van der Waals surface area contributed by atoms with E-state index >= 15 is 0 Å². The van der Waals surface area contributed by atoms with Gasteiger partial charge in [-0.15, -0.1) is 0 Å². The number of likely N-dealkylation sites (tertiary alicyclic amines) is 1. The van der Waals surface area contributed by atoms with E-state index in [9.17, 15) is 19.6 Å². The summed E-state index contributed by atoms with van der Waals surface area (Å²) >= 11 is 0. The lowest BCUT2D eigenvalue weighted by Gasteiger charge is -2.27. The van der Waals surface area contributed by atoms with Crippen molar-refractivity contribution in [2.45, 2.75) is 63.5 Å². The molecule has 1 aromatic heterocycles. The number of aromatic amines is 1. The van der Waals surface area contributed by atoms with Crippen molar-refractivity contribution in [1.82, 2.24) is 20.5 Å². The van der Waals surface area contributed by atoms with Crippen LogP contribution in [0.5, 0.6) is 5.75 Å². The lowest BCUT2D eigenvalue weighted by molar-refractivity contribution is -0.126. The van der Waals surface area contributed by atoms with Crippen molar-refractivity contribution in [1.29, 1.82) is 5.26 Å². The number of carbonyl (C=O) groups excluding carboxylic acids is 3. The van der Waals surface area contributed by atoms with E-state index in [2.05, 4.69) is 21.7 Å². The molecule has 1 saturated carbocycles. The minimum Gasteiger partial charge on any atom is -0.496 e. The Bertz CT molecular complexity index is 1210. The number of nitriles is 1. The van der Waals surface area contributed by atoms with Gasteiger partial charge in [0.2, 0.25) is 11.8 Å². The fraction of sp³-hybridized carbons (Fsp3) is 0.571. The second-order valence-corrected chi connectivity index (χ2v) is 10.7. The van der Waals surface area contributed by atoms with E-state index in [1.54, 1.807) is 18.1 Å². The van der Waals surface area contributed by atoms with Gasteiger partial charge in [-0.05, 0) is 49.3 Å². The first-order chi connectivity index (χ1) is 18.0. The van der Waals surface area contributed by atoms with Crippen LogP contribution in [0, 0.1) is 29.1 Å². The molecule has 5 rings (SSSR count). The third-order valence-corrected chi connectivity index (χ3v) is 8.44. The molecule has 196 valence electrons. The van der Waals surface area contributed by atoms with Crippen LogP contribution in [0.15, 0.2) is 24.3 Å². The molecule has 2 saturated heterocycles. The van der Waals surface area contributed by atoms with Gasteiger partial charge < -0.3 is 25.3 Å². The second kappa shape index (κ2) is 10.8. The van der Waals surface area contributed by atoms with Gasteiger partial charge in [0.1, 0.15) is 23.5 Å². The van der Waals surface area contributed by atoms with Crippen molar-refractivity contribution >= 4 is 28.6 Å². The zero-order valence-electron chi connectivity index (χ0n) is 21.3. The molecule has 9 heteroatoms. The average molecular weight is 506 g/mol. The van der Waals surface area contributed by atoms with E-state index in [1.807, 2.05) is 18.2 Å². The molecule has 0 radical (unpaired) electrons. The Kier molecular flexibility index (Phi) is 7.36. The Morgan fingerprint density at radius 1 is 1.22 bits per heavy atom. The number of rotatable bonds is 7. The lowest BCUT2D eigenvalue weighted by Crippen LogP contribution is -2.49. The van der Waals surface area contributed by atoms with Crippen molar-refractivity contribution < 1.29 is 19.1 Å². The number of methoxy groups -OCH3 is 1. The van der Waals surface area contributed by atoms with Crippen molar-refractivity contribution in [2.24, 2.45) is 17.8 Å². The standard InChI is InChI=1S/C28H35N5O4/c1-37-25-9-5-8-22-21(25)14-23(32-22)28(36)33-16-19(17-6-3-2-4-7-17)13-24(33)27(35)31-20(15-29)12-18-10-11-30-26(18)34/h5,8-9,14,17-20,24,32H,2-4,6-7,10-13,16H2,1H3,(H,30,34)(H,31,35)/t18?,19-,20+,24+/m1/s1. The van der Waals surface area contributed by atoms with Crippen LogP contribution in [-0.2, 0) is 9.59 Å². The van der Waals surface area contributed by atoms with E-state index in [0.29, 0.717) is 43.3 Å². The molecule has 37 heavy (non-hydrogen) atoms. The highest BCUT2D eigenvalue weighted by molar-refractivity contribution is 6.01. The van der Waals surface area contributed by atoms with E-state index in [4.69, 9.17) is 4.74 Å². The van der Waals surface area contributed by atoms with Gasteiger partial charge in [-0.3, -0.25) is 14.4 Å². The molecule has 2 aromatic rings. The average Bonchev–Trinajstić information content (AvgIpc) is 3.66. The number of carbonyl (C=O) groups is 3. The first-order valence-electron chi connectivity index (χ1n) is 13.4. The first kappa shape index (κ1) is 25.1. The van der Waals surface area contributed by atoms with Gasteiger partial charge >= 0.3 is 0 Å². The molecule has 3 N–H and O–H groups in total. The highest BCUT2D eigenvalue weighted by Crippen LogP contribution is 2.38. The van der Waals surface area contributed by atoms with Gasteiger partial charge in [-0.1, -0.05) is 38.2 Å². The van der Waals surface area contributed by atoms with Gasteiger partial charge in [-0.25, -0.2) is 0 Å². The number of hydrogen-bond donors (Lipinski definition) is 3. The maximum Gasteiger partial charge on any atom is 0.270 e. The second-order valence-electron chi connectivity index (χ2n) is 10.7. The maximum atomic E-state index is 13.8. The molecular weight excluding hydrogens is 470 g/mol.